The number of sulfone groups is 1. The molecule has 0 spiro atoms. The summed E-state index contributed by atoms with van der Waals surface area (Å²) < 4.78 is 50.1. The van der Waals surface area contributed by atoms with Gasteiger partial charge in [0.15, 0.2) is 9.84 Å². The molecule has 0 saturated carbocycles. The van der Waals surface area contributed by atoms with Crippen LogP contribution in [-0.4, -0.2) is 21.6 Å². The number of allylic oxidation sites excluding steroid dienone is 2. The summed E-state index contributed by atoms with van der Waals surface area (Å²) in [6.45, 7) is 1.54. The zero-order valence-corrected chi connectivity index (χ0v) is 14.0. The van der Waals surface area contributed by atoms with Crippen LogP contribution in [-0.2, 0) is 25.6 Å². The van der Waals surface area contributed by atoms with E-state index in [0.29, 0.717) is 5.56 Å². The molecule has 9 heteroatoms. The molecule has 2 rings (SSSR count). The van der Waals surface area contributed by atoms with E-state index in [4.69, 9.17) is 5.53 Å². The smallest absolute Gasteiger partial charge is 0.228 e. The number of rotatable bonds is 5. The largest absolute Gasteiger partial charge is 0.264 e. The topological polar surface area (TPSA) is 117 Å². The van der Waals surface area contributed by atoms with Crippen LogP contribution in [0, 0.1) is 0 Å². The van der Waals surface area contributed by atoms with Crippen molar-refractivity contribution < 1.29 is 16.8 Å². The first-order valence-electron chi connectivity index (χ1n) is 6.67. The molecule has 1 atom stereocenters. The summed E-state index contributed by atoms with van der Waals surface area (Å²) in [5.41, 5.74) is 8.93. The van der Waals surface area contributed by atoms with E-state index in [1.807, 2.05) is 0 Å². The third kappa shape index (κ3) is 3.64. The Morgan fingerprint density at radius 1 is 1.22 bits per heavy atom. The lowest BCUT2D eigenvalue weighted by atomic mass is 10.0. The van der Waals surface area contributed by atoms with E-state index in [1.54, 1.807) is 30.3 Å². The van der Waals surface area contributed by atoms with Crippen molar-refractivity contribution >= 4 is 19.9 Å². The molecule has 122 valence electrons. The van der Waals surface area contributed by atoms with Gasteiger partial charge in [-0.15, -0.1) is 0 Å². The summed E-state index contributed by atoms with van der Waals surface area (Å²) in [6.07, 6.45) is 3.78. The quantitative estimate of drug-likeness (QED) is 0.459. The minimum atomic E-state index is -4.10. The fourth-order valence-electron chi connectivity index (χ4n) is 2.17. The van der Waals surface area contributed by atoms with Crippen molar-refractivity contribution in [3.63, 3.8) is 0 Å². The predicted molar refractivity (Wildman–Crippen MR) is 87.4 cm³/mol. The number of hydrogen-bond acceptors (Lipinski definition) is 4. The molecule has 1 aromatic rings. The maximum absolute atomic E-state index is 12.6. The first-order valence-corrected chi connectivity index (χ1v) is 9.76. The molecule has 0 radical (unpaired) electrons. The van der Waals surface area contributed by atoms with Gasteiger partial charge in [-0.2, -0.15) is 0 Å². The molecule has 0 fully saturated rings. The maximum atomic E-state index is 12.6. The molecule has 0 saturated heterocycles. The highest BCUT2D eigenvalue weighted by molar-refractivity contribution is 7.94. The Hall–Kier alpha value is -2.09. The Morgan fingerprint density at radius 2 is 1.87 bits per heavy atom. The summed E-state index contributed by atoms with van der Waals surface area (Å²) in [4.78, 5) is 2.08. The molecule has 0 heterocycles. The van der Waals surface area contributed by atoms with Crippen LogP contribution in [0.25, 0.3) is 10.4 Å². The highest BCUT2D eigenvalue weighted by Crippen LogP contribution is 2.33. The standard InChI is InChI=1S/C14H15N3O4S2/c1-14(22(18,19)11-12-5-3-2-4-6-12)9-7-13(8-10-14)23(20,21)17-16-15/h2-9H,10-11H2,1H3. The summed E-state index contributed by atoms with van der Waals surface area (Å²) in [7, 11) is -7.65. The van der Waals surface area contributed by atoms with E-state index in [-0.39, 0.29) is 17.1 Å². The molecule has 1 aliphatic rings. The van der Waals surface area contributed by atoms with Crippen LogP contribution in [0.1, 0.15) is 18.9 Å². The molecular formula is C14H15N3O4S2. The normalized spacial score (nSPS) is 21.3. The van der Waals surface area contributed by atoms with Crippen LogP contribution in [0.4, 0.5) is 0 Å². The third-order valence-electron chi connectivity index (χ3n) is 3.66. The fraction of sp³-hybridized carbons (Fsp3) is 0.286. The Labute approximate surface area is 134 Å². The number of benzene rings is 1. The number of sulfonamides is 1. The van der Waals surface area contributed by atoms with Crippen LogP contribution in [0.15, 0.2) is 58.0 Å². The molecule has 0 N–H and O–H groups in total. The summed E-state index contributed by atoms with van der Waals surface area (Å²) in [5.74, 6) is -0.138. The molecule has 0 aliphatic heterocycles. The minimum absolute atomic E-state index is 0.00577. The second kappa shape index (κ2) is 6.19. The van der Waals surface area contributed by atoms with E-state index in [0.717, 1.165) is 0 Å². The molecule has 0 aromatic heterocycles. The summed E-state index contributed by atoms with van der Waals surface area (Å²) >= 11 is 0. The van der Waals surface area contributed by atoms with Gasteiger partial charge in [-0.25, -0.2) is 16.8 Å². The van der Waals surface area contributed by atoms with Crippen LogP contribution in [0.5, 0.6) is 0 Å². The van der Waals surface area contributed by atoms with Crippen molar-refractivity contribution in [3.8, 4) is 0 Å². The van der Waals surface area contributed by atoms with E-state index < -0.39 is 24.6 Å². The first kappa shape index (κ1) is 17.3. The molecule has 7 nitrogen and oxygen atoms in total. The second-order valence-corrected chi connectivity index (χ2v) is 9.38. The van der Waals surface area contributed by atoms with Gasteiger partial charge in [-0.3, -0.25) is 0 Å². The highest BCUT2D eigenvalue weighted by Gasteiger charge is 2.38. The third-order valence-corrected chi connectivity index (χ3v) is 7.28. The first-order chi connectivity index (χ1) is 10.7. The number of azide groups is 1. The molecule has 1 unspecified atom stereocenters. The van der Waals surface area contributed by atoms with Crippen molar-refractivity contribution in [1.82, 2.24) is 0 Å². The van der Waals surface area contributed by atoms with Crippen molar-refractivity contribution in [2.75, 3.05) is 0 Å². The SMILES string of the molecule is CC1(S(=O)(=O)Cc2ccccc2)C=CC(S(=O)(=O)N=[N+]=[N-])=CC1. The van der Waals surface area contributed by atoms with Gasteiger partial charge in [-0.05, 0) is 30.5 Å². The van der Waals surface area contributed by atoms with E-state index >= 15 is 0 Å². The van der Waals surface area contributed by atoms with E-state index in [1.165, 1.54) is 25.2 Å². The van der Waals surface area contributed by atoms with Gasteiger partial charge in [0.2, 0.25) is 0 Å². The zero-order valence-electron chi connectivity index (χ0n) is 12.3. The highest BCUT2D eigenvalue weighted by atomic mass is 32.2. The monoisotopic (exact) mass is 353 g/mol. The average molecular weight is 353 g/mol. The minimum Gasteiger partial charge on any atom is -0.228 e. The van der Waals surface area contributed by atoms with Gasteiger partial charge in [0.05, 0.1) is 15.4 Å². The van der Waals surface area contributed by atoms with Crippen LogP contribution in [0.2, 0.25) is 0 Å². The van der Waals surface area contributed by atoms with Gasteiger partial charge in [-0.1, -0.05) is 42.5 Å². The number of nitrogens with zero attached hydrogens (tertiary/aromatic N) is 3. The Bertz CT molecular complexity index is 912. The van der Waals surface area contributed by atoms with E-state index in [9.17, 15) is 16.8 Å². The average Bonchev–Trinajstić information content (AvgIpc) is 2.48. The van der Waals surface area contributed by atoms with Crippen LogP contribution in [0.3, 0.4) is 0 Å². The zero-order chi connectivity index (χ0) is 17.1. The fourth-order valence-corrected chi connectivity index (χ4v) is 4.47. The van der Waals surface area contributed by atoms with Crippen LogP contribution >= 0.6 is 0 Å². The molecule has 0 amide bonds. The molecule has 1 aromatic carbocycles. The summed E-state index contributed by atoms with van der Waals surface area (Å²) in [5, 5.41) is 0. The predicted octanol–water partition coefficient (Wildman–Crippen LogP) is 2.84. The molecule has 1 aliphatic carbocycles. The molecule has 0 bridgehead atoms. The van der Waals surface area contributed by atoms with Crippen molar-refractivity contribution in [2.45, 2.75) is 23.8 Å². The van der Waals surface area contributed by atoms with Gasteiger partial charge in [0, 0.05) is 9.43 Å². The lowest BCUT2D eigenvalue weighted by Crippen LogP contribution is -2.35. The van der Waals surface area contributed by atoms with Crippen molar-refractivity contribution in [2.24, 2.45) is 4.52 Å². The second-order valence-electron chi connectivity index (χ2n) is 5.35. The van der Waals surface area contributed by atoms with Gasteiger partial charge >= 0.3 is 0 Å². The van der Waals surface area contributed by atoms with Crippen molar-refractivity contribution in [1.29, 1.82) is 0 Å². The molecule has 23 heavy (non-hydrogen) atoms. The maximum Gasteiger partial charge on any atom is 0.264 e. The molecular weight excluding hydrogens is 338 g/mol. The van der Waals surface area contributed by atoms with Crippen molar-refractivity contribution in [3.05, 3.63) is 69.5 Å². The Balaban J connectivity index is 2.27. The Kier molecular flexibility index (Phi) is 4.65. The van der Waals surface area contributed by atoms with E-state index in [2.05, 4.69) is 9.43 Å². The van der Waals surface area contributed by atoms with Crippen LogP contribution < -0.4 is 0 Å². The van der Waals surface area contributed by atoms with Gasteiger partial charge in [0.1, 0.15) is 0 Å². The lowest BCUT2D eigenvalue weighted by Gasteiger charge is -2.27. The van der Waals surface area contributed by atoms with Gasteiger partial charge in [0.25, 0.3) is 10.0 Å². The number of hydrogen-bond donors (Lipinski definition) is 0. The summed E-state index contributed by atoms with van der Waals surface area (Å²) in [6, 6.07) is 8.76. The van der Waals surface area contributed by atoms with Gasteiger partial charge < -0.3 is 0 Å². The lowest BCUT2D eigenvalue weighted by molar-refractivity contribution is 0.560. The Morgan fingerprint density at radius 3 is 2.39 bits per heavy atom.